The van der Waals surface area contributed by atoms with Gasteiger partial charge in [-0.1, -0.05) is 53.6 Å². The summed E-state index contributed by atoms with van der Waals surface area (Å²) in [6.07, 6.45) is 0. The predicted octanol–water partition coefficient (Wildman–Crippen LogP) is 5.57. The summed E-state index contributed by atoms with van der Waals surface area (Å²) in [6.45, 7) is 2.48. The van der Waals surface area contributed by atoms with E-state index in [1.807, 2.05) is 43.3 Å². The monoisotopic (exact) mass is 578 g/mol. The van der Waals surface area contributed by atoms with Gasteiger partial charge in [-0.2, -0.15) is 5.10 Å². The molecule has 7 nitrogen and oxygen atoms in total. The summed E-state index contributed by atoms with van der Waals surface area (Å²) >= 11 is 7.63. The minimum absolute atomic E-state index is 0.121. The topological polar surface area (TPSA) is 76.5 Å². The highest BCUT2D eigenvalue weighted by Gasteiger charge is 2.37. The molecule has 206 valence electrons. The van der Waals surface area contributed by atoms with E-state index in [9.17, 15) is 14.0 Å². The number of benzene rings is 3. The molecule has 3 aromatic carbocycles. The van der Waals surface area contributed by atoms with Crippen molar-refractivity contribution in [3.63, 3.8) is 0 Å². The van der Waals surface area contributed by atoms with Crippen LogP contribution in [-0.4, -0.2) is 54.2 Å². The van der Waals surface area contributed by atoms with Crippen LogP contribution in [0.1, 0.15) is 21.9 Å². The maximum Gasteiger partial charge on any atom is 0.240 e. The van der Waals surface area contributed by atoms with E-state index in [-0.39, 0.29) is 35.2 Å². The van der Waals surface area contributed by atoms with Gasteiger partial charge in [0.05, 0.1) is 29.0 Å². The maximum absolute atomic E-state index is 13.9. The lowest BCUT2D eigenvalue weighted by Gasteiger charge is -2.23. The summed E-state index contributed by atoms with van der Waals surface area (Å²) < 4.78 is 20.7. The molecule has 10 heteroatoms. The average molecular weight is 579 g/mol. The standard InChI is InChI=1S/C30H28ClFN4O3S/c1-19-3-13-24(14-4-19)36-30-27(28(34-36)20-5-9-22(31)10-6-20)29(21-7-11-23(32)12-8-21)40-18-26(38)35(30)17-25(37)33-15-16-39-2/h3-14,29H,15-18H2,1-2H3,(H,33,37)/t29-/m1/s1. The molecule has 0 unspecified atom stereocenters. The molecule has 1 aliphatic rings. The first-order valence-corrected chi connectivity index (χ1v) is 14.2. The van der Waals surface area contributed by atoms with Crippen LogP contribution in [0.15, 0.2) is 72.8 Å². The van der Waals surface area contributed by atoms with E-state index in [1.54, 1.807) is 36.1 Å². The number of halogens is 2. The number of carbonyl (C=O) groups excluding carboxylic acids is 2. The van der Waals surface area contributed by atoms with Crippen LogP contribution in [0.5, 0.6) is 0 Å². The highest BCUT2D eigenvalue weighted by atomic mass is 35.5. The number of rotatable bonds is 8. The van der Waals surface area contributed by atoms with Crippen molar-refractivity contribution >= 4 is 41.0 Å². The number of fused-ring (bicyclic) bond motifs is 1. The first-order valence-electron chi connectivity index (χ1n) is 12.7. The first kappa shape index (κ1) is 27.9. The molecule has 2 heterocycles. The van der Waals surface area contributed by atoms with Gasteiger partial charge >= 0.3 is 0 Å². The molecule has 0 saturated carbocycles. The first-order chi connectivity index (χ1) is 19.4. The minimum atomic E-state index is -0.356. The second-order valence-electron chi connectivity index (χ2n) is 9.41. The summed E-state index contributed by atoms with van der Waals surface area (Å²) in [7, 11) is 1.56. The van der Waals surface area contributed by atoms with E-state index in [4.69, 9.17) is 21.4 Å². The Kier molecular flexibility index (Phi) is 8.54. The Bertz CT molecular complexity index is 1510. The SMILES string of the molecule is COCCNC(=O)CN1C(=O)CS[C@H](c2ccc(F)cc2)c2c(-c3ccc(Cl)cc3)nn(-c3ccc(C)cc3)c21. The Balaban J connectivity index is 1.75. The summed E-state index contributed by atoms with van der Waals surface area (Å²) in [6, 6.07) is 21.4. The maximum atomic E-state index is 13.9. The van der Waals surface area contributed by atoms with Crippen LogP contribution in [0.2, 0.25) is 5.02 Å². The molecule has 40 heavy (non-hydrogen) atoms. The molecule has 0 radical (unpaired) electrons. The molecule has 1 atom stereocenters. The van der Waals surface area contributed by atoms with Crippen LogP contribution in [0.4, 0.5) is 10.2 Å². The van der Waals surface area contributed by atoms with E-state index in [2.05, 4.69) is 5.32 Å². The highest BCUT2D eigenvalue weighted by molar-refractivity contribution is 8.00. The van der Waals surface area contributed by atoms with Gasteiger partial charge in [-0.25, -0.2) is 9.07 Å². The minimum Gasteiger partial charge on any atom is -0.383 e. The van der Waals surface area contributed by atoms with E-state index >= 15 is 0 Å². The predicted molar refractivity (Wildman–Crippen MR) is 157 cm³/mol. The number of methoxy groups -OCH3 is 1. The van der Waals surface area contributed by atoms with Gasteiger partial charge in [-0.15, -0.1) is 11.8 Å². The molecule has 0 saturated heterocycles. The lowest BCUT2D eigenvalue weighted by molar-refractivity contribution is -0.123. The number of ether oxygens (including phenoxy) is 1. The number of nitrogens with zero attached hydrogens (tertiary/aromatic N) is 3. The van der Waals surface area contributed by atoms with Crippen LogP contribution in [0.25, 0.3) is 16.9 Å². The largest absolute Gasteiger partial charge is 0.383 e. The average Bonchev–Trinajstić information content (AvgIpc) is 3.27. The smallest absolute Gasteiger partial charge is 0.240 e. The van der Waals surface area contributed by atoms with Crippen LogP contribution in [0, 0.1) is 12.7 Å². The van der Waals surface area contributed by atoms with Gasteiger partial charge < -0.3 is 10.1 Å². The molecule has 4 aromatic rings. The van der Waals surface area contributed by atoms with Crippen LogP contribution in [-0.2, 0) is 14.3 Å². The number of carbonyl (C=O) groups is 2. The normalized spacial score (nSPS) is 15.1. The zero-order valence-electron chi connectivity index (χ0n) is 22.1. The van der Waals surface area contributed by atoms with Gasteiger partial charge in [-0.3, -0.25) is 14.5 Å². The second-order valence-corrected chi connectivity index (χ2v) is 10.9. The number of nitrogens with one attached hydrogen (secondary N) is 1. The molecular weight excluding hydrogens is 551 g/mol. The Morgan fingerprint density at radius 3 is 2.48 bits per heavy atom. The van der Waals surface area contributed by atoms with Gasteiger partial charge in [0.25, 0.3) is 0 Å². The van der Waals surface area contributed by atoms with Gasteiger partial charge in [0.15, 0.2) is 0 Å². The van der Waals surface area contributed by atoms with E-state index in [1.165, 1.54) is 28.8 Å². The zero-order valence-corrected chi connectivity index (χ0v) is 23.6. The van der Waals surface area contributed by atoms with Gasteiger partial charge in [0, 0.05) is 29.8 Å². The van der Waals surface area contributed by atoms with Crippen molar-refractivity contribution in [3.05, 3.63) is 100 Å². The van der Waals surface area contributed by atoms with Crippen molar-refractivity contribution in [3.8, 4) is 16.9 Å². The third-order valence-electron chi connectivity index (χ3n) is 6.59. The molecule has 0 aliphatic carbocycles. The molecular formula is C30H28ClFN4O3S. The quantitative estimate of drug-likeness (QED) is 0.277. The van der Waals surface area contributed by atoms with Crippen LogP contribution >= 0.6 is 23.4 Å². The van der Waals surface area contributed by atoms with Gasteiger partial charge in [-0.05, 0) is 48.9 Å². The summed E-state index contributed by atoms with van der Waals surface area (Å²) in [5, 5.41) is 8.08. The van der Waals surface area contributed by atoms with Crippen molar-refractivity contribution in [1.82, 2.24) is 15.1 Å². The third-order valence-corrected chi connectivity index (χ3v) is 8.09. The summed E-state index contributed by atoms with van der Waals surface area (Å²) in [4.78, 5) is 28.2. The summed E-state index contributed by atoms with van der Waals surface area (Å²) in [5.74, 6) is -0.267. The lowest BCUT2D eigenvalue weighted by atomic mass is 9.99. The highest BCUT2D eigenvalue weighted by Crippen LogP contribution is 2.48. The lowest BCUT2D eigenvalue weighted by Crippen LogP contribution is -2.43. The fourth-order valence-electron chi connectivity index (χ4n) is 4.60. The van der Waals surface area contributed by atoms with E-state index in [0.717, 1.165) is 27.9 Å². The number of aryl methyl sites for hydroxylation is 1. The molecule has 2 amide bonds. The van der Waals surface area contributed by atoms with E-state index in [0.29, 0.717) is 29.7 Å². The molecule has 1 N–H and O–H groups in total. The zero-order chi connectivity index (χ0) is 28.2. The Labute approximate surface area is 241 Å². The molecule has 5 rings (SSSR count). The van der Waals surface area contributed by atoms with Crippen molar-refractivity contribution in [2.24, 2.45) is 0 Å². The number of aromatic nitrogens is 2. The number of hydrogen-bond donors (Lipinski definition) is 1. The van der Waals surface area contributed by atoms with Crippen LogP contribution < -0.4 is 10.2 Å². The molecule has 0 bridgehead atoms. The van der Waals surface area contributed by atoms with Gasteiger partial charge in [0.2, 0.25) is 11.8 Å². The number of anilines is 1. The molecule has 0 fully saturated rings. The molecule has 1 aromatic heterocycles. The number of amides is 2. The van der Waals surface area contributed by atoms with Crippen molar-refractivity contribution < 1.29 is 18.7 Å². The molecule has 1 aliphatic heterocycles. The fourth-order valence-corrected chi connectivity index (χ4v) is 5.92. The third kappa shape index (κ3) is 5.91. The Hall–Kier alpha value is -3.66. The molecule has 0 spiro atoms. The van der Waals surface area contributed by atoms with Gasteiger partial charge in [0.1, 0.15) is 18.2 Å². The van der Waals surface area contributed by atoms with Crippen molar-refractivity contribution in [1.29, 1.82) is 0 Å². The van der Waals surface area contributed by atoms with Crippen molar-refractivity contribution in [2.75, 3.05) is 37.5 Å². The fraction of sp³-hybridized carbons (Fsp3) is 0.233. The Morgan fingerprint density at radius 2 is 1.80 bits per heavy atom. The number of thioether (sulfide) groups is 1. The Morgan fingerprint density at radius 1 is 1.10 bits per heavy atom. The second kappa shape index (κ2) is 12.2. The summed E-state index contributed by atoms with van der Waals surface area (Å²) in [5.41, 5.74) is 4.85. The van der Waals surface area contributed by atoms with Crippen LogP contribution in [0.3, 0.4) is 0 Å². The number of hydrogen-bond acceptors (Lipinski definition) is 5. The van der Waals surface area contributed by atoms with Crippen molar-refractivity contribution in [2.45, 2.75) is 12.2 Å². The van der Waals surface area contributed by atoms with E-state index < -0.39 is 0 Å².